The molecule has 0 aliphatic heterocycles. The predicted molar refractivity (Wildman–Crippen MR) is 75.6 cm³/mol. The minimum absolute atomic E-state index is 0.0721. The number of aromatic carboxylic acids is 1. The van der Waals surface area contributed by atoms with E-state index in [0.29, 0.717) is 17.4 Å². The molecule has 0 aliphatic rings. The number of thiophene rings is 1. The number of aromatic nitrogens is 1. The van der Waals surface area contributed by atoms with Crippen molar-refractivity contribution < 1.29 is 9.90 Å². The lowest BCUT2D eigenvalue weighted by Crippen LogP contribution is -2.03. The Kier molecular flexibility index (Phi) is 4.21. The fourth-order valence-corrected chi connectivity index (χ4v) is 2.97. The Hall–Kier alpha value is -1.11. The molecule has 0 atom stereocenters. The Labute approximate surface area is 121 Å². The summed E-state index contributed by atoms with van der Waals surface area (Å²) in [6.45, 7) is 0.581. The number of carboxylic acids is 1. The first-order valence-electron chi connectivity index (χ1n) is 4.92. The van der Waals surface area contributed by atoms with Gasteiger partial charge >= 0.3 is 5.97 Å². The molecule has 0 bridgehead atoms. The highest BCUT2D eigenvalue weighted by atomic mass is 79.9. The van der Waals surface area contributed by atoms with Gasteiger partial charge in [-0.05, 0) is 33.4 Å². The number of hydrogen-bond donors (Lipinski definition) is 2. The number of nitrogens with zero attached hydrogens (tertiary/aromatic N) is 1. The third kappa shape index (κ3) is 3.01. The topological polar surface area (TPSA) is 62.2 Å². The lowest BCUT2D eigenvalue weighted by molar-refractivity contribution is 0.0696. The van der Waals surface area contributed by atoms with Gasteiger partial charge in [0.05, 0.1) is 17.1 Å². The van der Waals surface area contributed by atoms with Gasteiger partial charge in [-0.25, -0.2) is 9.78 Å². The molecule has 0 fully saturated rings. The minimum atomic E-state index is -1.04. The fraction of sp³-hybridized carbons (Fsp3) is 0.0909. The second-order valence-electron chi connectivity index (χ2n) is 3.40. The summed E-state index contributed by atoms with van der Waals surface area (Å²) < 4.78 is 1.03. The van der Waals surface area contributed by atoms with Crippen molar-refractivity contribution in [2.24, 2.45) is 0 Å². The molecule has 2 aromatic heterocycles. The maximum absolute atomic E-state index is 10.7. The van der Waals surface area contributed by atoms with Crippen LogP contribution in [0.15, 0.2) is 28.2 Å². The summed E-state index contributed by atoms with van der Waals surface area (Å²) in [5.74, 6) is -0.570. The maximum atomic E-state index is 10.7. The quantitative estimate of drug-likeness (QED) is 0.881. The molecular formula is C11H8BrClN2O2S. The number of pyridine rings is 1. The molecule has 0 amide bonds. The van der Waals surface area contributed by atoms with Crippen LogP contribution in [0.4, 0.5) is 5.82 Å². The number of rotatable bonds is 4. The zero-order valence-electron chi connectivity index (χ0n) is 8.98. The summed E-state index contributed by atoms with van der Waals surface area (Å²) in [4.78, 5) is 15.8. The van der Waals surface area contributed by atoms with Crippen LogP contribution >= 0.6 is 38.9 Å². The van der Waals surface area contributed by atoms with Crippen LogP contribution in [-0.4, -0.2) is 16.1 Å². The molecule has 2 rings (SSSR count). The van der Waals surface area contributed by atoms with Gasteiger partial charge in [0.25, 0.3) is 0 Å². The number of nitrogens with one attached hydrogen (secondary N) is 1. The lowest BCUT2D eigenvalue weighted by atomic mass is 10.3. The third-order valence-corrected chi connectivity index (χ3v) is 4.41. The highest BCUT2D eigenvalue weighted by molar-refractivity contribution is 9.10. The molecule has 7 heteroatoms. The molecule has 2 aromatic rings. The maximum Gasteiger partial charge on any atom is 0.337 e. The van der Waals surface area contributed by atoms with Crippen LogP contribution in [0.25, 0.3) is 0 Å². The van der Waals surface area contributed by atoms with E-state index in [4.69, 9.17) is 16.7 Å². The van der Waals surface area contributed by atoms with Gasteiger partial charge in [0.2, 0.25) is 0 Å². The summed E-state index contributed by atoms with van der Waals surface area (Å²) in [6, 6.07) is 3.34. The smallest absolute Gasteiger partial charge is 0.337 e. The first-order valence-corrected chi connectivity index (χ1v) is 6.97. The van der Waals surface area contributed by atoms with E-state index in [1.54, 1.807) is 11.3 Å². The van der Waals surface area contributed by atoms with E-state index in [1.165, 1.54) is 12.3 Å². The largest absolute Gasteiger partial charge is 0.478 e. The van der Waals surface area contributed by atoms with Crippen molar-refractivity contribution in [2.45, 2.75) is 6.54 Å². The van der Waals surface area contributed by atoms with Crippen molar-refractivity contribution in [3.8, 4) is 0 Å². The van der Waals surface area contributed by atoms with E-state index in [2.05, 4.69) is 26.2 Å². The Bertz CT molecular complexity index is 588. The van der Waals surface area contributed by atoms with Crippen molar-refractivity contribution in [1.82, 2.24) is 4.98 Å². The molecule has 2 heterocycles. The SMILES string of the molecule is O=C(O)c1cnc(NCc2sccc2Br)c(Cl)c1. The minimum Gasteiger partial charge on any atom is -0.478 e. The van der Waals surface area contributed by atoms with Crippen molar-refractivity contribution in [3.63, 3.8) is 0 Å². The summed E-state index contributed by atoms with van der Waals surface area (Å²) in [6.07, 6.45) is 1.28. The van der Waals surface area contributed by atoms with Crippen molar-refractivity contribution in [2.75, 3.05) is 5.32 Å². The van der Waals surface area contributed by atoms with Gasteiger partial charge in [0.1, 0.15) is 5.82 Å². The molecular weight excluding hydrogens is 340 g/mol. The monoisotopic (exact) mass is 346 g/mol. The number of carbonyl (C=O) groups is 1. The molecule has 0 aromatic carbocycles. The average molecular weight is 348 g/mol. The van der Waals surface area contributed by atoms with Crippen LogP contribution in [0.2, 0.25) is 5.02 Å². The van der Waals surface area contributed by atoms with Gasteiger partial charge in [0.15, 0.2) is 0 Å². The fourth-order valence-electron chi connectivity index (χ4n) is 1.30. The second-order valence-corrected chi connectivity index (χ2v) is 5.67. The van der Waals surface area contributed by atoms with E-state index in [1.807, 2.05) is 11.4 Å². The molecule has 0 unspecified atom stereocenters. The predicted octanol–water partition coefficient (Wildman–Crippen LogP) is 3.87. The summed E-state index contributed by atoms with van der Waals surface area (Å²) in [5, 5.41) is 14.1. The van der Waals surface area contributed by atoms with Gasteiger partial charge in [-0.2, -0.15) is 0 Å². The van der Waals surface area contributed by atoms with E-state index < -0.39 is 5.97 Å². The molecule has 94 valence electrons. The Morgan fingerprint density at radius 3 is 2.94 bits per heavy atom. The number of halogens is 2. The van der Waals surface area contributed by atoms with E-state index in [9.17, 15) is 4.79 Å². The van der Waals surface area contributed by atoms with Crippen LogP contribution in [0.1, 0.15) is 15.2 Å². The zero-order valence-corrected chi connectivity index (χ0v) is 12.1. The molecule has 0 radical (unpaired) electrons. The Balaban J connectivity index is 2.11. The van der Waals surface area contributed by atoms with Crippen LogP contribution in [0.5, 0.6) is 0 Å². The van der Waals surface area contributed by atoms with Crippen LogP contribution < -0.4 is 5.32 Å². The normalized spacial score (nSPS) is 10.3. The van der Waals surface area contributed by atoms with E-state index in [0.717, 1.165) is 9.35 Å². The molecule has 0 saturated carbocycles. The Morgan fingerprint density at radius 2 is 2.39 bits per heavy atom. The summed E-state index contributed by atoms with van der Waals surface area (Å²) in [5.41, 5.74) is 0.0721. The average Bonchev–Trinajstić information content (AvgIpc) is 2.73. The molecule has 4 nitrogen and oxygen atoms in total. The highest BCUT2D eigenvalue weighted by Crippen LogP contribution is 2.25. The van der Waals surface area contributed by atoms with Crippen LogP contribution in [-0.2, 0) is 6.54 Å². The van der Waals surface area contributed by atoms with Crippen LogP contribution in [0.3, 0.4) is 0 Å². The van der Waals surface area contributed by atoms with Crippen molar-refractivity contribution >= 4 is 50.7 Å². The first-order chi connectivity index (χ1) is 8.58. The van der Waals surface area contributed by atoms with Gasteiger partial charge in [-0.15, -0.1) is 11.3 Å². The van der Waals surface area contributed by atoms with Crippen molar-refractivity contribution in [1.29, 1.82) is 0 Å². The second kappa shape index (κ2) is 5.69. The molecule has 0 spiro atoms. The van der Waals surface area contributed by atoms with Gasteiger partial charge in [-0.1, -0.05) is 11.6 Å². The number of hydrogen-bond acceptors (Lipinski definition) is 4. The number of carboxylic acid groups (broad SMARTS) is 1. The zero-order chi connectivity index (χ0) is 13.1. The van der Waals surface area contributed by atoms with Gasteiger partial charge in [-0.3, -0.25) is 0 Å². The van der Waals surface area contributed by atoms with Crippen molar-refractivity contribution in [3.05, 3.63) is 43.6 Å². The summed E-state index contributed by atoms with van der Waals surface area (Å²) in [7, 11) is 0. The highest BCUT2D eigenvalue weighted by Gasteiger charge is 2.09. The van der Waals surface area contributed by atoms with E-state index >= 15 is 0 Å². The third-order valence-electron chi connectivity index (χ3n) is 2.20. The standard InChI is InChI=1S/C11H8BrClN2O2S/c12-7-1-2-18-9(7)5-15-10-8(13)3-6(4-14-10)11(16)17/h1-4H,5H2,(H,14,15)(H,16,17). The number of anilines is 1. The molecule has 0 saturated heterocycles. The lowest BCUT2D eigenvalue weighted by Gasteiger charge is -2.07. The van der Waals surface area contributed by atoms with Crippen LogP contribution in [0, 0.1) is 0 Å². The van der Waals surface area contributed by atoms with E-state index in [-0.39, 0.29) is 5.56 Å². The van der Waals surface area contributed by atoms with Gasteiger partial charge in [0, 0.05) is 15.5 Å². The molecule has 18 heavy (non-hydrogen) atoms. The Morgan fingerprint density at radius 1 is 1.61 bits per heavy atom. The first kappa shape index (κ1) is 13.3. The summed E-state index contributed by atoms with van der Waals surface area (Å²) >= 11 is 11.0. The molecule has 2 N–H and O–H groups in total. The molecule has 0 aliphatic carbocycles. The van der Waals surface area contributed by atoms with Gasteiger partial charge < -0.3 is 10.4 Å².